The highest BCUT2D eigenvalue weighted by molar-refractivity contribution is 8.18. The molecule has 3 aromatic rings. The molecule has 0 unspecified atom stereocenters. The van der Waals surface area contributed by atoms with Crippen LogP contribution in [0.1, 0.15) is 22.5 Å². The fourth-order valence-electron chi connectivity index (χ4n) is 3.77. The Hall–Kier alpha value is -3.85. The van der Waals surface area contributed by atoms with Crippen molar-refractivity contribution in [1.29, 1.82) is 0 Å². The average molecular weight is 495 g/mol. The maximum atomic E-state index is 13.8. The molecule has 2 heterocycles. The number of nitrogens with zero attached hydrogens (tertiary/aromatic N) is 2. The lowest BCUT2D eigenvalue weighted by Gasteiger charge is -2.12. The van der Waals surface area contributed by atoms with E-state index in [1.165, 1.54) is 13.2 Å². The molecule has 2 amide bonds. The van der Waals surface area contributed by atoms with Gasteiger partial charge in [0.05, 0.1) is 12.0 Å². The van der Waals surface area contributed by atoms with E-state index in [4.69, 9.17) is 4.74 Å². The van der Waals surface area contributed by atoms with Crippen LogP contribution in [0.4, 0.5) is 9.18 Å². The fraction of sp³-hybridized carbons (Fsp3) is 0.192. The molecule has 0 saturated carbocycles. The zero-order valence-corrected chi connectivity index (χ0v) is 20.2. The molecule has 7 nitrogen and oxygen atoms in total. The van der Waals surface area contributed by atoms with Crippen molar-refractivity contribution in [3.05, 3.63) is 87.8 Å². The number of benzene rings is 2. The Kier molecular flexibility index (Phi) is 7.07. The van der Waals surface area contributed by atoms with E-state index < -0.39 is 23.7 Å². The first-order valence-electron chi connectivity index (χ1n) is 10.8. The van der Waals surface area contributed by atoms with Gasteiger partial charge in [0.15, 0.2) is 0 Å². The number of aromatic nitrogens is 1. The number of esters is 1. The molecule has 2 aromatic carbocycles. The lowest BCUT2D eigenvalue weighted by atomic mass is 10.2. The van der Waals surface area contributed by atoms with Gasteiger partial charge in [-0.2, -0.15) is 0 Å². The fourth-order valence-corrected chi connectivity index (χ4v) is 4.60. The third-order valence-corrected chi connectivity index (χ3v) is 6.50. The van der Waals surface area contributed by atoms with E-state index in [0.717, 1.165) is 39.3 Å². The molecular weight excluding hydrogens is 471 g/mol. The molecule has 1 aliphatic rings. The van der Waals surface area contributed by atoms with Gasteiger partial charge >= 0.3 is 5.97 Å². The molecule has 180 valence electrons. The Bertz CT molecular complexity index is 1330. The Morgan fingerprint density at radius 1 is 1.09 bits per heavy atom. The minimum Gasteiger partial charge on any atom is -0.489 e. The van der Waals surface area contributed by atoms with Gasteiger partial charge in [-0.1, -0.05) is 18.2 Å². The number of hydrogen-bond acceptors (Lipinski definition) is 6. The van der Waals surface area contributed by atoms with Crippen molar-refractivity contribution >= 4 is 35.0 Å². The Labute approximate surface area is 206 Å². The van der Waals surface area contributed by atoms with Crippen LogP contribution in [-0.2, 0) is 20.9 Å². The van der Waals surface area contributed by atoms with Gasteiger partial charge in [0.2, 0.25) is 0 Å². The highest BCUT2D eigenvalue weighted by atomic mass is 32.2. The maximum absolute atomic E-state index is 13.8. The minimum atomic E-state index is -0.659. The third kappa shape index (κ3) is 5.14. The first kappa shape index (κ1) is 24.3. The number of imide groups is 1. The summed E-state index contributed by atoms with van der Waals surface area (Å²) in [6.45, 7) is 3.57. The van der Waals surface area contributed by atoms with Crippen LogP contribution < -0.4 is 4.74 Å². The van der Waals surface area contributed by atoms with Gasteiger partial charge in [0.25, 0.3) is 11.1 Å². The van der Waals surface area contributed by atoms with Crippen LogP contribution in [-0.4, -0.2) is 40.2 Å². The second-order valence-corrected chi connectivity index (χ2v) is 8.87. The topological polar surface area (TPSA) is 77.8 Å². The number of methoxy groups -OCH3 is 1. The van der Waals surface area contributed by atoms with Crippen LogP contribution in [0.5, 0.6) is 5.75 Å². The van der Waals surface area contributed by atoms with E-state index in [2.05, 4.69) is 4.74 Å². The number of thioether (sulfide) groups is 1. The number of rotatable bonds is 7. The first-order valence-corrected chi connectivity index (χ1v) is 11.6. The normalized spacial score (nSPS) is 14.6. The first-order chi connectivity index (χ1) is 16.8. The van der Waals surface area contributed by atoms with Crippen molar-refractivity contribution in [1.82, 2.24) is 9.47 Å². The summed E-state index contributed by atoms with van der Waals surface area (Å²) in [6.07, 6.45) is 1.66. The van der Waals surface area contributed by atoms with Gasteiger partial charge in [0.1, 0.15) is 24.7 Å². The molecule has 0 spiro atoms. The monoisotopic (exact) mass is 494 g/mol. The molecule has 35 heavy (non-hydrogen) atoms. The van der Waals surface area contributed by atoms with Crippen molar-refractivity contribution < 1.29 is 28.2 Å². The van der Waals surface area contributed by atoms with Gasteiger partial charge in [-0.05, 0) is 73.6 Å². The van der Waals surface area contributed by atoms with Crippen molar-refractivity contribution in [3.63, 3.8) is 0 Å². The van der Waals surface area contributed by atoms with E-state index in [1.807, 2.05) is 48.7 Å². The number of ether oxygens (including phenoxy) is 2. The van der Waals surface area contributed by atoms with Crippen molar-refractivity contribution in [2.75, 3.05) is 13.7 Å². The second-order valence-electron chi connectivity index (χ2n) is 7.88. The molecule has 0 radical (unpaired) electrons. The summed E-state index contributed by atoms with van der Waals surface area (Å²) < 4.78 is 26.1. The Balaban J connectivity index is 1.52. The van der Waals surface area contributed by atoms with Gasteiger partial charge in [-0.25, -0.2) is 4.39 Å². The molecule has 1 fully saturated rings. The molecule has 1 aliphatic heterocycles. The van der Waals surface area contributed by atoms with Gasteiger partial charge in [-0.15, -0.1) is 0 Å². The summed E-state index contributed by atoms with van der Waals surface area (Å²) in [5.74, 6) is -0.878. The van der Waals surface area contributed by atoms with E-state index in [-0.39, 0.29) is 17.3 Å². The smallest absolute Gasteiger partial charge is 0.325 e. The predicted molar refractivity (Wildman–Crippen MR) is 131 cm³/mol. The standard InChI is InChI=1S/C26H23FN2O5S/c1-16-12-19(13-23-25(31)28(26(32)35-23)14-24(30)33-3)17(2)29(16)20-8-10-21(11-9-20)34-15-18-6-4-5-7-22(18)27/h4-13H,14-15H2,1-3H3/b23-13+. The molecule has 0 N–H and O–H groups in total. The highest BCUT2D eigenvalue weighted by Crippen LogP contribution is 2.34. The second kappa shape index (κ2) is 10.2. The minimum absolute atomic E-state index is 0.128. The molecule has 9 heteroatoms. The number of carbonyl (C=O) groups excluding carboxylic acids is 3. The summed E-state index contributed by atoms with van der Waals surface area (Å²) in [5.41, 5.74) is 3.96. The molecule has 1 saturated heterocycles. The van der Waals surface area contributed by atoms with Crippen molar-refractivity contribution in [3.8, 4) is 11.4 Å². The SMILES string of the molecule is COC(=O)CN1C(=O)S/C(=C/c2cc(C)n(-c3ccc(OCc4ccccc4F)cc3)c2C)C1=O. The van der Waals surface area contributed by atoms with E-state index in [1.54, 1.807) is 24.3 Å². The molecule has 4 rings (SSSR count). The summed E-state index contributed by atoms with van der Waals surface area (Å²) in [4.78, 5) is 37.5. The molecule has 0 aliphatic carbocycles. The quantitative estimate of drug-likeness (QED) is 0.339. The third-order valence-electron chi connectivity index (χ3n) is 5.59. The summed E-state index contributed by atoms with van der Waals surface area (Å²) in [5, 5.41) is -0.508. The van der Waals surface area contributed by atoms with E-state index in [9.17, 15) is 18.8 Å². The van der Waals surface area contributed by atoms with Crippen LogP contribution in [0.2, 0.25) is 0 Å². The van der Waals surface area contributed by atoms with Gasteiger partial charge < -0.3 is 14.0 Å². The zero-order chi connectivity index (χ0) is 25.1. The Morgan fingerprint density at radius 2 is 1.80 bits per heavy atom. The van der Waals surface area contributed by atoms with Crippen LogP contribution in [0.25, 0.3) is 11.8 Å². The number of carbonyl (C=O) groups is 3. The highest BCUT2D eigenvalue weighted by Gasteiger charge is 2.36. The number of halogens is 1. The van der Waals surface area contributed by atoms with E-state index in [0.29, 0.717) is 11.3 Å². The van der Waals surface area contributed by atoms with Crippen LogP contribution in [0.3, 0.4) is 0 Å². The van der Waals surface area contributed by atoms with E-state index >= 15 is 0 Å². The van der Waals surface area contributed by atoms with Crippen molar-refractivity contribution in [2.45, 2.75) is 20.5 Å². The van der Waals surface area contributed by atoms with Gasteiger partial charge in [-0.3, -0.25) is 19.3 Å². The Morgan fingerprint density at radius 3 is 2.49 bits per heavy atom. The molecule has 0 atom stereocenters. The van der Waals surface area contributed by atoms with Gasteiger partial charge in [0, 0.05) is 22.6 Å². The summed E-state index contributed by atoms with van der Waals surface area (Å²) >= 11 is 0.794. The number of aryl methyl sites for hydroxylation is 1. The molecule has 0 bridgehead atoms. The molecular formula is C26H23FN2O5S. The average Bonchev–Trinajstić information content (AvgIpc) is 3.27. The number of amides is 2. The lowest BCUT2D eigenvalue weighted by Crippen LogP contribution is -2.34. The van der Waals surface area contributed by atoms with Crippen molar-refractivity contribution in [2.24, 2.45) is 0 Å². The summed E-state index contributed by atoms with van der Waals surface area (Å²) in [7, 11) is 1.20. The summed E-state index contributed by atoms with van der Waals surface area (Å²) in [6, 6.07) is 15.8. The maximum Gasteiger partial charge on any atom is 0.325 e. The lowest BCUT2D eigenvalue weighted by molar-refractivity contribution is -0.143. The largest absolute Gasteiger partial charge is 0.489 e. The predicted octanol–water partition coefficient (Wildman–Crippen LogP) is 5.02. The van der Waals surface area contributed by atoms with Crippen LogP contribution in [0, 0.1) is 19.7 Å². The van der Waals surface area contributed by atoms with Crippen LogP contribution in [0.15, 0.2) is 59.5 Å². The van der Waals surface area contributed by atoms with Crippen LogP contribution >= 0.6 is 11.8 Å². The molecule has 1 aromatic heterocycles. The number of hydrogen-bond donors (Lipinski definition) is 0. The zero-order valence-electron chi connectivity index (χ0n) is 19.4.